The van der Waals surface area contributed by atoms with Gasteiger partial charge in [-0.15, -0.1) is 0 Å². The van der Waals surface area contributed by atoms with Crippen molar-refractivity contribution >= 4 is 5.78 Å². The number of Topliss-reactive ketones (excluding diaryl/α,β-unsaturated/α-hetero) is 1. The molecule has 0 N–H and O–H groups in total. The van der Waals surface area contributed by atoms with Crippen LogP contribution in [0.25, 0.3) is 0 Å². The first-order chi connectivity index (χ1) is 7.15. The molecule has 0 aliphatic heterocycles. The third-order valence-electron chi connectivity index (χ3n) is 4.03. The molecule has 1 aliphatic rings. The van der Waals surface area contributed by atoms with Gasteiger partial charge in [-0.1, -0.05) is 33.6 Å². The number of carbonyl (C=O) groups is 1. The maximum absolute atomic E-state index is 11.7. The highest BCUT2D eigenvalue weighted by Crippen LogP contribution is 2.29. The zero-order valence-corrected chi connectivity index (χ0v) is 10.6. The van der Waals surface area contributed by atoms with E-state index < -0.39 is 0 Å². The van der Waals surface area contributed by atoms with E-state index in [1.54, 1.807) is 0 Å². The molecular formula is C14H26O. The summed E-state index contributed by atoms with van der Waals surface area (Å²) in [6.45, 7) is 6.88. The van der Waals surface area contributed by atoms with Crippen molar-refractivity contribution in [3.63, 3.8) is 0 Å². The quantitative estimate of drug-likeness (QED) is 0.664. The van der Waals surface area contributed by atoms with Gasteiger partial charge in [0.25, 0.3) is 0 Å². The van der Waals surface area contributed by atoms with Crippen LogP contribution in [-0.4, -0.2) is 5.78 Å². The Morgan fingerprint density at radius 2 is 2.07 bits per heavy atom. The van der Waals surface area contributed by atoms with Crippen LogP contribution in [0.15, 0.2) is 0 Å². The lowest BCUT2D eigenvalue weighted by Crippen LogP contribution is -2.20. The molecular weight excluding hydrogens is 184 g/mol. The van der Waals surface area contributed by atoms with Crippen LogP contribution in [0.2, 0.25) is 0 Å². The van der Waals surface area contributed by atoms with Gasteiger partial charge in [0.2, 0.25) is 0 Å². The maximum Gasteiger partial charge on any atom is 0.135 e. The summed E-state index contributed by atoms with van der Waals surface area (Å²) in [5.74, 6) is 2.54. The summed E-state index contributed by atoms with van der Waals surface area (Å²) in [6.07, 6.45) is 8.08. The number of rotatable bonds is 5. The van der Waals surface area contributed by atoms with Gasteiger partial charge in [-0.05, 0) is 37.5 Å². The molecule has 1 fully saturated rings. The summed E-state index contributed by atoms with van der Waals surface area (Å²) in [5.41, 5.74) is 0. The molecule has 0 amide bonds. The zero-order chi connectivity index (χ0) is 11.3. The van der Waals surface area contributed by atoms with E-state index in [1.807, 2.05) is 0 Å². The molecule has 1 heteroatoms. The van der Waals surface area contributed by atoms with Crippen molar-refractivity contribution in [1.82, 2.24) is 0 Å². The molecule has 1 aliphatic carbocycles. The summed E-state index contributed by atoms with van der Waals surface area (Å²) < 4.78 is 0. The minimum Gasteiger partial charge on any atom is -0.299 e. The van der Waals surface area contributed by atoms with Crippen LogP contribution in [0, 0.1) is 17.8 Å². The van der Waals surface area contributed by atoms with Gasteiger partial charge in [-0.3, -0.25) is 4.79 Å². The Kier molecular flexibility index (Phi) is 5.35. The van der Waals surface area contributed by atoms with Crippen LogP contribution >= 0.6 is 0 Å². The second-order valence-electron chi connectivity index (χ2n) is 5.40. The zero-order valence-electron chi connectivity index (χ0n) is 10.6. The minimum absolute atomic E-state index is 0.409. The normalized spacial score (nSPS) is 24.5. The number of ketones is 1. The number of hydrogen-bond donors (Lipinski definition) is 0. The third kappa shape index (κ3) is 3.96. The lowest BCUT2D eigenvalue weighted by atomic mass is 9.80. The van der Waals surface area contributed by atoms with Crippen molar-refractivity contribution in [3.8, 4) is 0 Å². The predicted octanol–water partition coefficient (Wildman–Crippen LogP) is 4.21. The Balaban J connectivity index is 2.31. The Morgan fingerprint density at radius 1 is 1.33 bits per heavy atom. The first-order valence-corrected chi connectivity index (χ1v) is 6.67. The van der Waals surface area contributed by atoms with Gasteiger partial charge in [-0.25, -0.2) is 0 Å². The van der Waals surface area contributed by atoms with Gasteiger partial charge in [0.1, 0.15) is 5.78 Å². The van der Waals surface area contributed by atoms with E-state index in [-0.39, 0.29) is 0 Å². The molecule has 2 unspecified atom stereocenters. The van der Waals surface area contributed by atoms with Crippen molar-refractivity contribution in [2.45, 2.75) is 65.7 Å². The van der Waals surface area contributed by atoms with Crippen LogP contribution in [0.5, 0.6) is 0 Å². The third-order valence-corrected chi connectivity index (χ3v) is 4.03. The number of carbonyl (C=O) groups excluding carboxylic acids is 1. The molecule has 0 spiro atoms. The van der Waals surface area contributed by atoms with E-state index in [0.29, 0.717) is 11.7 Å². The number of hydrogen-bond acceptors (Lipinski definition) is 1. The van der Waals surface area contributed by atoms with Gasteiger partial charge in [-0.2, -0.15) is 0 Å². The second kappa shape index (κ2) is 6.30. The topological polar surface area (TPSA) is 17.1 Å². The molecule has 15 heavy (non-hydrogen) atoms. The Labute approximate surface area is 94.6 Å². The first-order valence-electron chi connectivity index (χ1n) is 6.67. The van der Waals surface area contributed by atoms with Crippen LogP contribution in [0.4, 0.5) is 0 Å². The highest BCUT2D eigenvalue weighted by molar-refractivity contribution is 5.81. The molecule has 0 radical (unpaired) electrons. The van der Waals surface area contributed by atoms with Crippen molar-refractivity contribution in [2.24, 2.45) is 17.8 Å². The van der Waals surface area contributed by atoms with Crippen molar-refractivity contribution in [1.29, 1.82) is 0 Å². The molecule has 1 rings (SSSR count). The highest BCUT2D eigenvalue weighted by Gasteiger charge is 2.23. The summed E-state index contributed by atoms with van der Waals surface area (Å²) >= 11 is 0. The molecule has 1 nitrogen and oxygen atoms in total. The van der Waals surface area contributed by atoms with E-state index in [9.17, 15) is 4.79 Å². The van der Waals surface area contributed by atoms with E-state index in [2.05, 4.69) is 20.8 Å². The molecule has 0 bridgehead atoms. The largest absolute Gasteiger partial charge is 0.299 e. The van der Waals surface area contributed by atoms with E-state index in [0.717, 1.165) is 37.5 Å². The highest BCUT2D eigenvalue weighted by atomic mass is 16.1. The average Bonchev–Trinajstić information content (AvgIpc) is 2.21. The molecule has 0 aromatic rings. The van der Waals surface area contributed by atoms with E-state index in [4.69, 9.17) is 0 Å². The fourth-order valence-electron chi connectivity index (χ4n) is 2.78. The Hall–Kier alpha value is -0.330. The minimum atomic E-state index is 0.409. The smallest absolute Gasteiger partial charge is 0.135 e. The molecule has 0 aromatic heterocycles. The van der Waals surface area contributed by atoms with Crippen LogP contribution in [0.1, 0.15) is 65.7 Å². The lowest BCUT2D eigenvalue weighted by molar-refractivity contribution is -0.124. The Bertz CT molecular complexity index is 196. The summed E-state index contributed by atoms with van der Waals surface area (Å²) in [7, 11) is 0. The molecule has 2 atom stereocenters. The van der Waals surface area contributed by atoms with Crippen molar-refractivity contribution in [3.05, 3.63) is 0 Å². The van der Waals surface area contributed by atoms with E-state index in [1.165, 1.54) is 19.3 Å². The monoisotopic (exact) mass is 210 g/mol. The first kappa shape index (κ1) is 12.7. The summed E-state index contributed by atoms with van der Waals surface area (Å²) in [6, 6.07) is 0. The molecule has 0 aromatic carbocycles. The molecule has 0 heterocycles. The van der Waals surface area contributed by atoms with Gasteiger partial charge < -0.3 is 0 Å². The summed E-state index contributed by atoms with van der Waals surface area (Å²) in [5, 5.41) is 0. The fourth-order valence-corrected chi connectivity index (χ4v) is 2.78. The molecule has 0 saturated heterocycles. The standard InChI is InChI=1S/C14H26O/c1-4-12(11(2)3)9-10-13-7-5-6-8-14(13)15/h11-13H,4-10H2,1-3H3. The maximum atomic E-state index is 11.7. The lowest BCUT2D eigenvalue weighted by Gasteiger charge is -2.24. The van der Waals surface area contributed by atoms with Gasteiger partial charge in [0, 0.05) is 12.3 Å². The van der Waals surface area contributed by atoms with Crippen molar-refractivity contribution < 1.29 is 4.79 Å². The van der Waals surface area contributed by atoms with E-state index >= 15 is 0 Å². The second-order valence-corrected chi connectivity index (χ2v) is 5.40. The van der Waals surface area contributed by atoms with Crippen molar-refractivity contribution in [2.75, 3.05) is 0 Å². The molecule has 88 valence electrons. The SMILES string of the molecule is CCC(CCC1CCCCC1=O)C(C)C. The van der Waals surface area contributed by atoms with Gasteiger partial charge in [0.15, 0.2) is 0 Å². The van der Waals surface area contributed by atoms with Crippen LogP contribution < -0.4 is 0 Å². The fraction of sp³-hybridized carbons (Fsp3) is 0.929. The van der Waals surface area contributed by atoms with Gasteiger partial charge >= 0.3 is 0 Å². The van der Waals surface area contributed by atoms with Crippen LogP contribution in [0.3, 0.4) is 0 Å². The van der Waals surface area contributed by atoms with Crippen LogP contribution in [-0.2, 0) is 4.79 Å². The molecule has 1 saturated carbocycles. The average molecular weight is 210 g/mol. The predicted molar refractivity (Wildman–Crippen MR) is 64.8 cm³/mol. The summed E-state index contributed by atoms with van der Waals surface area (Å²) in [4.78, 5) is 11.7. The van der Waals surface area contributed by atoms with Gasteiger partial charge in [0.05, 0.1) is 0 Å². The Morgan fingerprint density at radius 3 is 2.60 bits per heavy atom.